The molecule has 0 radical (unpaired) electrons. The molecule has 10 heteroatoms. The van der Waals surface area contributed by atoms with E-state index < -0.39 is 14.3 Å². The van der Waals surface area contributed by atoms with E-state index in [1.807, 2.05) is 11.0 Å². The molecule has 29 heavy (non-hydrogen) atoms. The molecule has 3 rings (SSSR count). The third-order valence-corrected chi connectivity index (χ3v) is 6.50. The fourth-order valence-electron chi connectivity index (χ4n) is 3.28. The van der Waals surface area contributed by atoms with Crippen molar-refractivity contribution in [2.24, 2.45) is 0 Å². The number of hydrogen-bond acceptors (Lipinski definition) is 7. The zero-order chi connectivity index (χ0) is 21.2. The van der Waals surface area contributed by atoms with Gasteiger partial charge in [0.25, 0.3) is 5.91 Å². The molecule has 2 heterocycles. The van der Waals surface area contributed by atoms with Crippen LogP contribution in [-0.2, 0) is 4.57 Å². The molecule has 0 atom stereocenters. The van der Waals surface area contributed by atoms with E-state index in [0.29, 0.717) is 38.0 Å². The Balaban J connectivity index is 1.70. The van der Waals surface area contributed by atoms with Crippen molar-refractivity contribution in [3.8, 4) is 0 Å². The average Bonchev–Trinajstić information content (AvgIpc) is 2.72. The van der Waals surface area contributed by atoms with E-state index in [0.717, 1.165) is 11.1 Å². The molecule has 1 amide bonds. The molecule has 1 saturated heterocycles. The Hall–Kier alpha value is -2.48. The maximum atomic E-state index is 12.8. The maximum Gasteiger partial charge on any atom is 0.489 e. The number of carbonyl (C=O) groups excluding carboxylic acids is 2. The second-order valence-corrected chi connectivity index (χ2v) is 10.6. The molecule has 2 N–H and O–H groups in total. The van der Waals surface area contributed by atoms with E-state index >= 15 is 0 Å². The number of benzene rings is 1. The minimum Gasteiger partial charge on any atom is -0.423 e. The number of nitrogens with zero attached hydrogens (tertiary/aromatic N) is 3. The van der Waals surface area contributed by atoms with Crippen molar-refractivity contribution in [2.75, 3.05) is 44.4 Å². The SMILES string of the molecule is CP(C)(=O)c1ccnc(N2CCN(C(=O)c3ccc(B(O)O)c(C=O)c3)CC2)c1. The van der Waals surface area contributed by atoms with E-state index in [1.165, 1.54) is 18.2 Å². The molecular weight excluding hydrogens is 392 g/mol. The maximum absolute atomic E-state index is 12.8. The van der Waals surface area contributed by atoms with Gasteiger partial charge in [0.2, 0.25) is 0 Å². The standard InChI is InChI=1S/C19H23BN3O5P/c1-29(2,28)16-5-6-21-18(12-16)22-7-9-23(10-8-22)19(25)14-3-4-17(20(26)27)15(11-14)13-24/h3-6,11-13,26-27H,7-10H2,1-2H3. The lowest BCUT2D eigenvalue weighted by Gasteiger charge is -2.35. The van der Waals surface area contributed by atoms with Crippen molar-refractivity contribution >= 4 is 43.0 Å². The summed E-state index contributed by atoms with van der Waals surface area (Å²) in [4.78, 5) is 32.1. The summed E-state index contributed by atoms with van der Waals surface area (Å²) in [5.41, 5.74) is 0.466. The second kappa shape index (κ2) is 8.49. The fourth-order valence-corrected chi connectivity index (χ4v) is 4.13. The van der Waals surface area contributed by atoms with Gasteiger partial charge < -0.3 is 24.4 Å². The Morgan fingerprint density at radius 2 is 1.83 bits per heavy atom. The Labute approximate surface area is 169 Å². The summed E-state index contributed by atoms with van der Waals surface area (Å²) in [6.45, 7) is 5.54. The van der Waals surface area contributed by atoms with Crippen molar-refractivity contribution in [3.63, 3.8) is 0 Å². The van der Waals surface area contributed by atoms with Crippen LogP contribution in [0.25, 0.3) is 0 Å². The van der Waals surface area contributed by atoms with Gasteiger partial charge in [-0.1, -0.05) is 6.07 Å². The first-order valence-electron chi connectivity index (χ1n) is 9.22. The summed E-state index contributed by atoms with van der Waals surface area (Å²) in [6.07, 6.45) is 2.16. The molecular formula is C19H23BN3O5P. The Morgan fingerprint density at radius 1 is 1.14 bits per heavy atom. The van der Waals surface area contributed by atoms with Crippen LogP contribution < -0.4 is 15.7 Å². The van der Waals surface area contributed by atoms with Gasteiger partial charge in [-0.15, -0.1) is 0 Å². The predicted octanol–water partition coefficient (Wildman–Crippen LogP) is -0.216. The van der Waals surface area contributed by atoms with Gasteiger partial charge in [-0.05, 0) is 43.1 Å². The van der Waals surface area contributed by atoms with Crippen molar-refractivity contribution in [2.45, 2.75) is 0 Å². The summed E-state index contributed by atoms with van der Waals surface area (Å²) in [5.74, 6) is 0.517. The molecule has 0 bridgehead atoms. The smallest absolute Gasteiger partial charge is 0.423 e. The van der Waals surface area contributed by atoms with Crippen LogP contribution in [0.15, 0.2) is 36.5 Å². The van der Waals surface area contributed by atoms with Crippen LogP contribution in [0.1, 0.15) is 20.7 Å². The molecule has 0 saturated carbocycles. The first kappa shape index (κ1) is 21.2. The highest BCUT2D eigenvalue weighted by Gasteiger charge is 2.25. The average molecular weight is 415 g/mol. The summed E-state index contributed by atoms with van der Waals surface area (Å²) in [6, 6.07) is 7.85. The molecule has 1 aromatic heterocycles. The number of pyridine rings is 1. The molecule has 1 aliphatic rings. The van der Waals surface area contributed by atoms with Crippen LogP contribution in [0.5, 0.6) is 0 Å². The van der Waals surface area contributed by atoms with Gasteiger partial charge in [-0.25, -0.2) is 4.98 Å². The molecule has 8 nitrogen and oxygen atoms in total. The van der Waals surface area contributed by atoms with E-state index in [9.17, 15) is 24.2 Å². The minimum absolute atomic E-state index is 0.0662. The van der Waals surface area contributed by atoms with E-state index in [2.05, 4.69) is 4.98 Å². The fraction of sp³-hybridized carbons (Fsp3) is 0.316. The largest absolute Gasteiger partial charge is 0.489 e. The van der Waals surface area contributed by atoms with Gasteiger partial charge in [-0.2, -0.15) is 0 Å². The molecule has 0 aliphatic carbocycles. The van der Waals surface area contributed by atoms with Gasteiger partial charge in [0.15, 0.2) is 0 Å². The molecule has 2 aromatic rings. The number of anilines is 1. The Kier molecular flexibility index (Phi) is 6.22. The number of aromatic nitrogens is 1. The topological polar surface area (TPSA) is 111 Å². The first-order chi connectivity index (χ1) is 13.7. The number of amides is 1. The van der Waals surface area contributed by atoms with Gasteiger partial charge in [-0.3, -0.25) is 9.59 Å². The number of rotatable bonds is 5. The van der Waals surface area contributed by atoms with Crippen molar-refractivity contribution in [1.29, 1.82) is 0 Å². The van der Waals surface area contributed by atoms with Crippen LogP contribution in [0.4, 0.5) is 5.82 Å². The molecule has 0 spiro atoms. The van der Waals surface area contributed by atoms with E-state index in [4.69, 9.17) is 0 Å². The normalized spacial score (nSPS) is 14.6. The Morgan fingerprint density at radius 3 is 2.41 bits per heavy atom. The predicted molar refractivity (Wildman–Crippen MR) is 113 cm³/mol. The summed E-state index contributed by atoms with van der Waals surface area (Å²) in [5, 5.41) is 19.4. The highest BCUT2D eigenvalue weighted by atomic mass is 31.2. The van der Waals surface area contributed by atoms with Gasteiger partial charge in [0.05, 0.1) is 0 Å². The van der Waals surface area contributed by atoms with Gasteiger partial charge in [0, 0.05) is 48.8 Å². The van der Waals surface area contributed by atoms with Gasteiger partial charge >= 0.3 is 7.12 Å². The van der Waals surface area contributed by atoms with Gasteiger partial charge in [0.1, 0.15) is 19.2 Å². The number of carbonyl (C=O) groups is 2. The zero-order valence-corrected chi connectivity index (χ0v) is 17.2. The minimum atomic E-state index is -2.38. The third kappa shape index (κ3) is 4.75. The lowest BCUT2D eigenvalue weighted by Crippen LogP contribution is -2.49. The van der Waals surface area contributed by atoms with E-state index in [1.54, 1.807) is 30.5 Å². The lowest BCUT2D eigenvalue weighted by molar-refractivity contribution is 0.0746. The first-order valence-corrected chi connectivity index (χ1v) is 11.8. The second-order valence-electron chi connectivity index (χ2n) is 7.34. The van der Waals surface area contributed by atoms with Crippen LogP contribution in [0.2, 0.25) is 0 Å². The monoisotopic (exact) mass is 415 g/mol. The summed E-state index contributed by atoms with van der Waals surface area (Å²) < 4.78 is 12.3. The van der Waals surface area contributed by atoms with E-state index in [-0.39, 0.29) is 16.9 Å². The van der Waals surface area contributed by atoms with Crippen molar-refractivity contribution < 1.29 is 24.2 Å². The van der Waals surface area contributed by atoms with Crippen molar-refractivity contribution in [1.82, 2.24) is 9.88 Å². The van der Waals surface area contributed by atoms with Crippen LogP contribution in [-0.4, -0.2) is 78.8 Å². The number of hydrogen-bond donors (Lipinski definition) is 2. The van der Waals surface area contributed by atoms with Crippen molar-refractivity contribution in [3.05, 3.63) is 47.7 Å². The third-order valence-electron chi connectivity index (χ3n) is 4.98. The van der Waals surface area contributed by atoms with Crippen LogP contribution in [0.3, 0.4) is 0 Å². The molecule has 152 valence electrons. The molecule has 0 unspecified atom stereocenters. The lowest BCUT2D eigenvalue weighted by atomic mass is 9.77. The molecule has 1 fully saturated rings. The summed E-state index contributed by atoms with van der Waals surface area (Å²) in [7, 11) is -4.15. The van der Waals surface area contributed by atoms with Crippen LogP contribution >= 0.6 is 7.14 Å². The highest BCUT2D eigenvalue weighted by molar-refractivity contribution is 7.70. The quantitative estimate of drug-likeness (QED) is 0.395. The highest BCUT2D eigenvalue weighted by Crippen LogP contribution is 2.35. The number of piperazine rings is 1. The molecule has 1 aliphatic heterocycles. The number of aldehydes is 1. The Bertz CT molecular complexity index is 970. The molecule has 1 aromatic carbocycles. The summed E-state index contributed by atoms with van der Waals surface area (Å²) >= 11 is 0. The van der Waals surface area contributed by atoms with Crippen LogP contribution in [0, 0.1) is 0 Å². The zero-order valence-electron chi connectivity index (χ0n) is 16.4.